The summed E-state index contributed by atoms with van der Waals surface area (Å²) in [6.07, 6.45) is 0. The van der Waals surface area contributed by atoms with Crippen LogP contribution in [0.15, 0.2) is 47.1 Å². The Balaban J connectivity index is 1.67. The van der Waals surface area contributed by atoms with Gasteiger partial charge in [0.25, 0.3) is 5.91 Å². The van der Waals surface area contributed by atoms with E-state index < -0.39 is 5.91 Å². The number of carbonyl (C=O) groups excluding carboxylic acids is 1. The minimum absolute atomic E-state index is 0.186. The summed E-state index contributed by atoms with van der Waals surface area (Å²) in [6.45, 7) is 4.13. The molecule has 1 N–H and O–H groups in total. The van der Waals surface area contributed by atoms with Crippen molar-refractivity contribution in [2.45, 2.75) is 13.8 Å². The molecule has 0 atom stereocenters. The smallest absolute Gasteiger partial charge is 0.263 e. The summed E-state index contributed by atoms with van der Waals surface area (Å²) < 4.78 is 28.5. The third-order valence-electron chi connectivity index (χ3n) is 3.68. The fourth-order valence-corrected chi connectivity index (χ4v) is 2.42. The zero-order valence-electron chi connectivity index (χ0n) is 14.9. The first-order valence-electron chi connectivity index (χ1n) is 8.31. The van der Waals surface area contributed by atoms with Crippen LogP contribution in [-0.4, -0.2) is 29.4 Å². The van der Waals surface area contributed by atoms with Crippen LogP contribution in [0.3, 0.4) is 0 Å². The van der Waals surface area contributed by atoms with Gasteiger partial charge in [0.2, 0.25) is 5.82 Å². The molecule has 0 saturated heterocycles. The van der Waals surface area contributed by atoms with Crippen LogP contribution in [-0.2, 0) is 4.79 Å². The predicted molar refractivity (Wildman–Crippen MR) is 96.2 cm³/mol. The van der Waals surface area contributed by atoms with E-state index in [-0.39, 0.29) is 18.2 Å². The molecule has 7 nitrogen and oxygen atoms in total. The van der Waals surface area contributed by atoms with Crippen LogP contribution in [0.5, 0.6) is 11.5 Å². The summed E-state index contributed by atoms with van der Waals surface area (Å²) >= 11 is 0. The van der Waals surface area contributed by atoms with Gasteiger partial charge >= 0.3 is 0 Å². The standard InChI is InChI=1S/C19H18FN3O4/c1-3-25-16-9-4-13(10-12(16)2)18-19(23-27-22-18)21-17(24)11-26-15-7-5-14(20)6-8-15/h4-10H,3,11H2,1-2H3,(H,21,23,24). The fraction of sp³-hybridized carbons (Fsp3) is 0.211. The van der Waals surface area contributed by atoms with Gasteiger partial charge < -0.3 is 14.8 Å². The van der Waals surface area contributed by atoms with Gasteiger partial charge in [-0.25, -0.2) is 9.02 Å². The molecular weight excluding hydrogens is 353 g/mol. The Bertz CT molecular complexity index is 925. The van der Waals surface area contributed by atoms with Gasteiger partial charge in [-0.3, -0.25) is 4.79 Å². The number of benzene rings is 2. The molecule has 1 aromatic heterocycles. The second-order valence-electron chi connectivity index (χ2n) is 5.67. The van der Waals surface area contributed by atoms with Gasteiger partial charge in [-0.05, 0) is 72.2 Å². The van der Waals surface area contributed by atoms with Crippen LogP contribution < -0.4 is 14.8 Å². The van der Waals surface area contributed by atoms with Crippen molar-refractivity contribution in [3.8, 4) is 22.8 Å². The fourth-order valence-electron chi connectivity index (χ4n) is 2.42. The highest BCUT2D eigenvalue weighted by Gasteiger charge is 2.16. The Kier molecular flexibility index (Phi) is 5.65. The molecule has 0 bridgehead atoms. The van der Waals surface area contributed by atoms with Gasteiger partial charge in [-0.15, -0.1) is 0 Å². The predicted octanol–water partition coefficient (Wildman–Crippen LogP) is 3.60. The van der Waals surface area contributed by atoms with Gasteiger partial charge in [0.05, 0.1) is 6.61 Å². The number of rotatable bonds is 7. The number of halogens is 1. The van der Waals surface area contributed by atoms with E-state index in [1.54, 1.807) is 0 Å². The van der Waals surface area contributed by atoms with Crippen LogP contribution in [0.1, 0.15) is 12.5 Å². The highest BCUT2D eigenvalue weighted by atomic mass is 19.1. The Morgan fingerprint density at radius 3 is 2.63 bits per heavy atom. The summed E-state index contributed by atoms with van der Waals surface area (Å²) in [5.74, 6) is 0.518. The van der Waals surface area contributed by atoms with E-state index >= 15 is 0 Å². The van der Waals surface area contributed by atoms with E-state index in [1.165, 1.54) is 24.3 Å². The van der Waals surface area contributed by atoms with Crippen LogP contribution in [0, 0.1) is 12.7 Å². The molecule has 0 aliphatic rings. The summed E-state index contributed by atoms with van der Waals surface area (Å²) in [6, 6.07) is 10.9. The van der Waals surface area contributed by atoms with Crippen LogP contribution in [0.25, 0.3) is 11.3 Å². The second-order valence-corrected chi connectivity index (χ2v) is 5.67. The Labute approximate surface area is 155 Å². The number of aryl methyl sites for hydroxylation is 1. The molecule has 1 amide bonds. The number of anilines is 1. The number of aromatic nitrogens is 2. The molecule has 0 aliphatic carbocycles. The number of amides is 1. The summed E-state index contributed by atoms with van der Waals surface area (Å²) in [4.78, 5) is 12.1. The first kappa shape index (κ1) is 18.4. The van der Waals surface area contributed by atoms with Crippen molar-refractivity contribution in [2.75, 3.05) is 18.5 Å². The van der Waals surface area contributed by atoms with E-state index in [1.807, 2.05) is 32.0 Å². The lowest BCUT2D eigenvalue weighted by atomic mass is 10.1. The maximum atomic E-state index is 12.9. The van der Waals surface area contributed by atoms with Gasteiger partial charge in [0.1, 0.15) is 17.3 Å². The minimum atomic E-state index is -0.445. The van der Waals surface area contributed by atoms with Crippen molar-refractivity contribution in [2.24, 2.45) is 0 Å². The third-order valence-corrected chi connectivity index (χ3v) is 3.68. The summed E-state index contributed by atoms with van der Waals surface area (Å²) in [7, 11) is 0. The van der Waals surface area contributed by atoms with E-state index in [0.29, 0.717) is 18.1 Å². The summed E-state index contributed by atoms with van der Waals surface area (Å²) in [5, 5.41) is 10.2. The van der Waals surface area contributed by atoms with Gasteiger partial charge in [0.15, 0.2) is 12.3 Å². The van der Waals surface area contributed by atoms with Crippen molar-refractivity contribution in [3.63, 3.8) is 0 Å². The monoisotopic (exact) mass is 371 g/mol. The van der Waals surface area contributed by atoms with E-state index in [2.05, 4.69) is 15.6 Å². The average molecular weight is 371 g/mol. The molecule has 0 fully saturated rings. The van der Waals surface area contributed by atoms with Crippen molar-refractivity contribution in [1.82, 2.24) is 10.3 Å². The van der Waals surface area contributed by atoms with Crippen LogP contribution in [0.4, 0.5) is 10.2 Å². The van der Waals surface area contributed by atoms with Crippen molar-refractivity contribution >= 4 is 11.7 Å². The number of hydrogen-bond donors (Lipinski definition) is 1. The molecule has 2 aromatic carbocycles. The zero-order chi connectivity index (χ0) is 19.2. The molecule has 27 heavy (non-hydrogen) atoms. The van der Waals surface area contributed by atoms with E-state index in [4.69, 9.17) is 14.1 Å². The lowest BCUT2D eigenvalue weighted by molar-refractivity contribution is -0.118. The maximum Gasteiger partial charge on any atom is 0.263 e. The van der Waals surface area contributed by atoms with Crippen LogP contribution >= 0.6 is 0 Å². The molecule has 0 saturated carbocycles. The topological polar surface area (TPSA) is 86.5 Å². The molecule has 3 aromatic rings. The third kappa shape index (κ3) is 4.60. The van der Waals surface area contributed by atoms with Crippen molar-refractivity contribution < 1.29 is 23.3 Å². The number of nitrogens with zero attached hydrogens (tertiary/aromatic N) is 2. The minimum Gasteiger partial charge on any atom is -0.494 e. The Hall–Kier alpha value is -3.42. The van der Waals surface area contributed by atoms with Gasteiger partial charge in [-0.1, -0.05) is 0 Å². The normalized spacial score (nSPS) is 10.5. The first-order chi connectivity index (χ1) is 13.1. The molecule has 0 radical (unpaired) electrons. The number of ether oxygens (including phenoxy) is 2. The van der Waals surface area contributed by atoms with Crippen molar-refractivity contribution in [1.29, 1.82) is 0 Å². The molecule has 140 valence electrons. The molecule has 8 heteroatoms. The molecule has 0 aliphatic heterocycles. The number of nitrogens with one attached hydrogen (secondary N) is 1. The van der Waals surface area contributed by atoms with E-state index in [0.717, 1.165) is 16.9 Å². The number of carbonyl (C=O) groups is 1. The highest BCUT2D eigenvalue weighted by molar-refractivity contribution is 5.94. The van der Waals surface area contributed by atoms with Gasteiger partial charge in [0, 0.05) is 5.56 Å². The SMILES string of the molecule is CCOc1ccc(-c2nonc2NC(=O)COc2ccc(F)cc2)cc1C. The largest absolute Gasteiger partial charge is 0.494 e. The summed E-state index contributed by atoms with van der Waals surface area (Å²) in [5.41, 5.74) is 2.05. The quantitative estimate of drug-likeness (QED) is 0.683. The highest BCUT2D eigenvalue weighted by Crippen LogP contribution is 2.29. The lowest BCUT2D eigenvalue weighted by Crippen LogP contribution is -2.20. The average Bonchev–Trinajstić information content (AvgIpc) is 3.11. The van der Waals surface area contributed by atoms with Crippen LogP contribution in [0.2, 0.25) is 0 Å². The second kappa shape index (κ2) is 8.31. The molecule has 1 heterocycles. The van der Waals surface area contributed by atoms with Crippen molar-refractivity contribution in [3.05, 3.63) is 53.8 Å². The number of hydrogen-bond acceptors (Lipinski definition) is 6. The van der Waals surface area contributed by atoms with Gasteiger partial charge in [-0.2, -0.15) is 0 Å². The lowest BCUT2D eigenvalue weighted by Gasteiger charge is -2.09. The molecular formula is C19H18FN3O4. The molecule has 0 spiro atoms. The molecule has 0 unspecified atom stereocenters. The van der Waals surface area contributed by atoms with E-state index in [9.17, 15) is 9.18 Å². The maximum absolute atomic E-state index is 12.9. The first-order valence-corrected chi connectivity index (χ1v) is 8.31. The Morgan fingerprint density at radius 2 is 1.93 bits per heavy atom. The Morgan fingerprint density at radius 1 is 1.15 bits per heavy atom. The molecule has 3 rings (SSSR count). The zero-order valence-corrected chi connectivity index (χ0v) is 14.9.